The van der Waals surface area contributed by atoms with Crippen LogP contribution in [0.4, 0.5) is 19.0 Å². The van der Waals surface area contributed by atoms with Gasteiger partial charge in [-0.25, -0.2) is 9.97 Å². The third kappa shape index (κ3) is 4.78. The van der Waals surface area contributed by atoms with Gasteiger partial charge in [0.2, 0.25) is 5.89 Å². The SMILES string of the molecule is Cc1coc(-c2cc(C(=O)Nc3c(-c4ccccc4)nc4cc(C(C)(C)O)ccn34)ccc2C(F)(F)F)n1. The predicted molar refractivity (Wildman–Crippen MR) is 136 cm³/mol. The van der Waals surface area contributed by atoms with E-state index in [0.29, 0.717) is 28.4 Å². The van der Waals surface area contributed by atoms with E-state index < -0.39 is 23.2 Å². The zero-order valence-corrected chi connectivity index (χ0v) is 20.7. The van der Waals surface area contributed by atoms with Gasteiger partial charge < -0.3 is 14.8 Å². The van der Waals surface area contributed by atoms with Crippen molar-refractivity contribution in [3.05, 3.63) is 95.5 Å². The number of carbonyl (C=O) groups excluding carboxylic acids is 1. The van der Waals surface area contributed by atoms with Crippen LogP contribution in [0.5, 0.6) is 0 Å². The van der Waals surface area contributed by atoms with Crippen LogP contribution in [-0.4, -0.2) is 25.4 Å². The fourth-order valence-corrected chi connectivity index (χ4v) is 4.11. The van der Waals surface area contributed by atoms with Crippen molar-refractivity contribution >= 4 is 17.4 Å². The first-order valence-electron chi connectivity index (χ1n) is 11.7. The molecule has 0 bridgehead atoms. The van der Waals surface area contributed by atoms with E-state index in [1.54, 1.807) is 43.5 Å². The third-order valence-corrected chi connectivity index (χ3v) is 6.05. The van der Waals surface area contributed by atoms with Crippen molar-refractivity contribution in [2.45, 2.75) is 32.5 Å². The Hall–Kier alpha value is -4.44. The van der Waals surface area contributed by atoms with Gasteiger partial charge >= 0.3 is 6.18 Å². The highest BCUT2D eigenvalue weighted by molar-refractivity contribution is 6.06. The van der Waals surface area contributed by atoms with Crippen molar-refractivity contribution < 1.29 is 27.5 Å². The van der Waals surface area contributed by atoms with E-state index in [9.17, 15) is 23.1 Å². The first kappa shape index (κ1) is 25.2. The van der Waals surface area contributed by atoms with Gasteiger partial charge in [0.15, 0.2) is 0 Å². The molecule has 2 N–H and O–H groups in total. The molecule has 0 aliphatic carbocycles. The molecule has 7 nitrogen and oxygen atoms in total. The molecule has 1 amide bonds. The van der Waals surface area contributed by atoms with E-state index in [-0.39, 0.29) is 17.0 Å². The number of halogens is 3. The molecule has 0 saturated heterocycles. The van der Waals surface area contributed by atoms with Gasteiger partial charge in [0.25, 0.3) is 5.91 Å². The Morgan fingerprint density at radius 3 is 2.39 bits per heavy atom. The summed E-state index contributed by atoms with van der Waals surface area (Å²) >= 11 is 0. The predicted octanol–water partition coefficient (Wildman–Crippen LogP) is 6.46. The summed E-state index contributed by atoms with van der Waals surface area (Å²) < 4.78 is 48.0. The molecule has 0 spiro atoms. The Morgan fingerprint density at radius 1 is 1.03 bits per heavy atom. The number of benzene rings is 2. The van der Waals surface area contributed by atoms with Gasteiger partial charge in [-0.3, -0.25) is 9.20 Å². The van der Waals surface area contributed by atoms with E-state index in [4.69, 9.17) is 4.42 Å². The number of alkyl halides is 3. The number of carbonyl (C=O) groups is 1. The van der Waals surface area contributed by atoms with E-state index >= 15 is 0 Å². The summed E-state index contributed by atoms with van der Waals surface area (Å²) in [7, 11) is 0. The maximum atomic E-state index is 13.7. The Labute approximate surface area is 215 Å². The molecule has 5 rings (SSSR count). The third-order valence-electron chi connectivity index (χ3n) is 6.05. The Balaban J connectivity index is 1.60. The summed E-state index contributed by atoms with van der Waals surface area (Å²) in [4.78, 5) is 22.1. The van der Waals surface area contributed by atoms with E-state index in [0.717, 1.165) is 23.8 Å². The minimum Gasteiger partial charge on any atom is -0.444 e. The molecule has 0 radical (unpaired) electrons. The Bertz CT molecular complexity index is 1650. The molecule has 0 fully saturated rings. The normalized spacial score (nSPS) is 12.2. The van der Waals surface area contributed by atoms with Crippen molar-refractivity contribution in [1.29, 1.82) is 0 Å². The van der Waals surface area contributed by atoms with E-state index in [2.05, 4.69) is 15.3 Å². The quantitative estimate of drug-likeness (QED) is 0.277. The number of hydrogen-bond donors (Lipinski definition) is 2. The van der Waals surface area contributed by atoms with Crippen LogP contribution < -0.4 is 5.32 Å². The highest BCUT2D eigenvalue weighted by Gasteiger charge is 2.35. The number of aliphatic hydroxyl groups is 1. The van der Waals surface area contributed by atoms with Crippen LogP contribution in [0.25, 0.3) is 28.4 Å². The van der Waals surface area contributed by atoms with Gasteiger partial charge in [0, 0.05) is 17.3 Å². The molecular formula is C28H23F3N4O3. The average molecular weight is 521 g/mol. The molecule has 10 heteroatoms. The molecule has 3 aromatic heterocycles. The molecule has 0 atom stereocenters. The van der Waals surface area contributed by atoms with Crippen LogP contribution in [0.3, 0.4) is 0 Å². The molecule has 0 unspecified atom stereocenters. The number of nitrogens with one attached hydrogen (secondary N) is 1. The maximum absolute atomic E-state index is 13.7. The zero-order valence-electron chi connectivity index (χ0n) is 20.7. The Kier molecular flexibility index (Phi) is 6.07. The van der Waals surface area contributed by atoms with Crippen LogP contribution in [0, 0.1) is 6.92 Å². The molecule has 194 valence electrons. The molecule has 0 saturated carbocycles. The van der Waals surface area contributed by atoms with Crippen LogP contribution in [0.15, 0.2) is 77.5 Å². The van der Waals surface area contributed by atoms with Gasteiger partial charge in [-0.05, 0) is 56.7 Å². The van der Waals surface area contributed by atoms with Gasteiger partial charge in [-0.15, -0.1) is 0 Å². The molecule has 0 aliphatic heterocycles. The molecular weight excluding hydrogens is 497 g/mol. The Morgan fingerprint density at radius 2 is 1.76 bits per heavy atom. The second-order valence-corrected chi connectivity index (χ2v) is 9.38. The highest BCUT2D eigenvalue weighted by Crippen LogP contribution is 2.38. The number of rotatable bonds is 5. The largest absolute Gasteiger partial charge is 0.444 e. The standard InChI is InChI=1S/C28H23F3N4O3/c1-16-15-38-26(32-16)20-13-18(9-10-21(20)28(29,30)31)25(36)34-24-23(17-7-5-4-6-8-17)33-22-14-19(27(2,3)37)11-12-35(22)24/h4-15,37H,1-3H3,(H,34,36). The monoisotopic (exact) mass is 520 g/mol. The second-order valence-electron chi connectivity index (χ2n) is 9.38. The van der Waals surface area contributed by atoms with Crippen molar-refractivity contribution in [1.82, 2.24) is 14.4 Å². The van der Waals surface area contributed by atoms with Crippen LogP contribution in [-0.2, 0) is 11.8 Å². The van der Waals surface area contributed by atoms with Crippen LogP contribution >= 0.6 is 0 Å². The van der Waals surface area contributed by atoms with Crippen molar-refractivity contribution in [3.8, 4) is 22.7 Å². The van der Waals surface area contributed by atoms with Crippen LogP contribution in [0.1, 0.15) is 41.0 Å². The van der Waals surface area contributed by atoms with Gasteiger partial charge in [0.05, 0.1) is 22.4 Å². The van der Waals surface area contributed by atoms with Crippen molar-refractivity contribution in [3.63, 3.8) is 0 Å². The summed E-state index contributed by atoms with van der Waals surface area (Å²) in [5, 5.41) is 13.3. The molecule has 38 heavy (non-hydrogen) atoms. The molecule has 0 aliphatic rings. The fraction of sp³-hybridized carbons (Fsp3) is 0.179. The van der Waals surface area contributed by atoms with Crippen LogP contribution in [0.2, 0.25) is 0 Å². The number of amides is 1. The summed E-state index contributed by atoms with van der Waals surface area (Å²) in [5.74, 6) is -0.552. The van der Waals surface area contributed by atoms with Crippen molar-refractivity contribution in [2.24, 2.45) is 0 Å². The summed E-state index contributed by atoms with van der Waals surface area (Å²) in [6.45, 7) is 4.90. The lowest BCUT2D eigenvalue weighted by Gasteiger charge is -2.17. The number of fused-ring (bicyclic) bond motifs is 1. The number of nitrogens with zero attached hydrogens (tertiary/aromatic N) is 3. The minimum atomic E-state index is -4.67. The number of hydrogen-bond acceptors (Lipinski definition) is 5. The summed E-state index contributed by atoms with van der Waals surface area (Å²) in [6, 6.07) is 15.6. The average Bonchev–Trinajstić information content (AvgIpc) is 3.46. The van der Waals surface area contributed by atoms with E-state index in [1.807, 2.05) is 30.3 Å². The number of aryl methyl sites for hydroxylation is 1. The lowest BCUT2D eigenvalue weighted by atomic mass is 10.00. The maximum Gasteiger partial charge on any atom is 0.417 e. The molecule has 3 heterocycles. The summed E-state index contributed by atoms with van der Waals surface area (Å²) in [6.07, 6.45) is -1.76. The first-order chi connectivity index (χ1) is 17.9. The summed E-state index contributed by atoms with van der Waals surface area (Å²) in [5.41, 5.74) is 0.255. The lowest BCUT2D eigenvalue weighted by Crippen LogP contribution is -2.17. The lowest BCUT2D eigenvalue weighted by molar-refractivity contribution is -0.137. The van der Waals surface area contributed by atoms with Gasteiger partial charge in [-0.1, -0.05) is 30.3 Å². The fourth-order valence-electron chi connectivity index (χ4n) is 4.11. The second kappa shape index (κ2) is 9.14. The zero-order chi connectivity index (χ0) is 27.2. The topological polar surface area (TPSA) is 92.7 Å². The minimum absolute atomic E-state index is 0.0223. The number of anilines is 1. The highest BCUT2D eigenvalue weighted by atomic mass is 19.4. The molecule has 2 aromatic carbocycles. The van der Waals surface area contributed by atoms with Crippen molar-refractivity contribution in [2.75, 3.05) is 5.32 Å². The number of oxazole rings is 1. The smallest absolute Gasteiger partial charge is 0.417 e. The first-order valence-corrected chi connectivity index (χ1v) is 11.7. The molecule has 5 aromatic rings. The van der Waals surface area contributed by atoms with Gasteiger partial charge in [0.1, 0.15) is 23.4 Å². The number of imidazole rings is 1. The number of pyridine rings is 1. The van der Waals surface area contributed by atoms with E-state index in [1.165, 1.54) is 6.26 Å². The number of aromatic nitrogens is 3. The van der Waals surface area contributed by atoms with Gasteiger partial charge in [-0.2, -0.15) is 13.2 Å².